The van der Waals surface area contributed by atoms with Crippen molar-refractivity contribution in [2.75, 3.05) is 13.7 Å². The molecule has 0 unspecified atom stereocenters. The molecule has 1 rings (SSSR count). The van der Waals surface area contributed by atoms with Crippen LogP contribution in [0.1, 0.15) is 25.8 Å². The summed E-state index contributed by atoms with van der Waals surface area (Å²) in [6, 6.07) is 7.82. The molecule has 0 aliphatic carbocycles. The highest BCUT2D eigenvalue weighted by molar-refractivity contribution is 6.00. The number of methoxy groups -OCH3 is 1. The van der Waals surface area contributed by atoms with Gasteiger partial charge in [-0.15, -0.1) is 0 Å². The average Bonchev–Trinajstić information content (AvgIpc) is 2.31. The number of oxime groups is 1. The van der Waals surface area contributed by atoms with Crippen LogP contribution in [0.25, 0.3) is 0 Å². The number of hydrogen-bond acceptors (Lipinski definition) is 3. The number of ether oxygens (including phenoxy) is 1. The summed E-state index contributed by atoms with van der Waals surface area (Å²) in [7, 11) is 1.66. The quantitative estimate of drug-likeness (QED) is 0.549. The van der Waals surface area contributed by atoms with E-state index in [2.05, 4.69) is 12.1 Å². The molecule has 0 spiro atoms. The summed E-state index contributed by atoms with van der Waals surface area (Å²) in [4.78, 5) is 5.05. The standard InChI is InChI=1S/C12H17NO2/c1-4-12(13-15-5-2)10-6-8-11(14-3)9-7-10/h6-9H,4-5H2,1-3H3. The number of nitrogens with zero attached hydrogens (tertiary/aromatic N) is 1. The van der Waals surface area contributed by atoms with Gasteiger partial charge in [-0.1, -0.05) is 12.1 Å². The van der Waals surface area contributed by atoms with E-state index >= 15 is 0 Å². The fraction of sp³-hybridized carbons (Fsp3) is 0.417. The minimum absolute atomic E-state index is 0.597. The molecule has 0 N–H and O–H groups in total. The van der Waals surface area contributed by atoms with E-state index in [1.54, 1.807) is 7.11 Å². The Hall–Kier alpha value is -1.51. The zero-order chi connectivity index (χ0) is 11.1. The lowest BCUT2D eigenvalue weighted by atomic mass is 10.1. The molecule has 0 heterocycles. The van der Waals surface area contributed by atoms with Crippen LogP contribution in [0.3, 0.4) is 0 Å². The first kappa shape index (κ1) is 11.6. The fourth-order valence-corrected chi connectivity index (χ4v) is 1.25. The van der Waals surface area contributed by atoms with Crippen LogP contribution < -0.4 is 4.74 Å². The van der Waals surface area contributed by atoms with Crippen LogP contribution in [0.15, 0.2) is 29.4 Å². The van der Waals surface area contributed by atoms with Crippen molar-refractivity contribution >= 4 is 5.71 Å². The summed E-state index contributed by atoms with van der Waals surface area (Å²) in [6.07, 6.45) is 0.854. The Morgan fingerprint density at radius 2 is 1.87 bits per heavy atom. The smallest absolute Gasteiger partial charge is 0.118 e. The van der Waals surface area contributed by atoms with Gasteiger partial charge in [-0.25, -0.2) is 0 Å². The Labute approximate surface area is 90.7 Å². The maximum atomic E-state index is 5.09. The predicted molar refractivity (Wildman–Crippen MR) is 61.4 cm³/mol. The van der Waals surface area contributed by atoms with Gasteiger partial charge < -0.3 is 9.57 Å². The van der Waals surface area contributed by atoms with Gasteiger partial charge in [0.25, 0.3) is 0 Å². The lowest BCUT2D eigenvalue weighted by Crippen LogP contribution is -2.00. The first-order valence-electron chi connectivity index (χ1n) is 5.15. The van der Waals surface area contributed by atoms with Crippen LogP contribution in [0, 0.1) is 0 Å². The number of hydrogen-bond donors (Lipinski definition) is 0. The summed E-state index contributed by atoms with van der Waals surface area (Å²) in [5.74, 6) is 0.852. The molecule has 3 heteroatoms. The third kappa shape index (κ3) is 3.27. The van der Waals surface area contributed by atoms with Crippen LogP contribution in [-0.2, 0) is 4.84 Å². The summed E-state index contributed by atoms with van der Waals surface area (Å²) < 4.78 is 5.09. The zero-order valence-electron chi connectivity index (χ0n) is 9.49. The molecule has 15 heavy (non-hydrogen) atoms. The van der Waals surface area contributed by atoms with E-state index in [-0.39, 0.29) is 0 Å². The topological polar surface area (TPSA) is 30.8 Å². The molecule has 0 fully saturated rings. The van der Waals surface area contributed by atoms with E-state index in [0.29, 0.717) is 6.61 Å². The number of rotatable bonds is 5. The van der Waals surface area contributed by atoms with Crippen LogP contribution in [-0.4, -0.2) is 19.4 Å². The van der Waals surface area contributed by atoms with Gasteiger partial charge in [-0.2, -0.15) is 0 Å². The van der Waals surface area contributed by atoms with Crippen molar-refractivity contribution in [1.82, 2.24) is 0 Å². The van der Waals surface area contributed by atoms with Crippen molar-refractivity contribution in [3.05, 3.63) is 29.8 Å². The maximum absolute atomic E-state index is 5.09. The van der Waals surface area contributed by atoms with E-state index in [4.69, 9.17) is 9.57 Å². The Kier molecular flexibility index (Phi) is 4.68. The largest absolute Gasteiger partial charge is 0.497 e. The van der Waals surface area contributed by atoms with Crippen molar-refractivity contribution in [3.63, 3.8) is 0 Å². The Balaban J connectivity index is 2.83. The third-order valence-electron chi connectivity index (χ3n) is 2.06. The van der Waals surface area contributed by atoms with Crippen molar-refractivity contribution < 1.29 is 9.57 Å². The van der Waals surface area contributed by atoms with E-state index < -0.39 is 0 Å². The molecule has 3 nitrogen and oxygen atoms in total. The molecule has 0 aliphatic rings. The highest BCUT2D eigenvalue weighted by Crippen LogP contribution is 2.13. The van der Waals surface area contributed by atoms with E-state index in [1.807, 2.05) is 31.2 Å². The lowest BCUT2D eigenvalue weighted by Gasteiger charge is -2.05. The molecule has 0 aliphatic heterocycles. The van der Waals surface area contributed by atoms with Gasteiger partial charge in [-0.05, 0) is 43.2 Å². The summed E-state index contributed by atoms with van der Waals surface area (Å²) in [5, 5.41) is 4.06. The minimum atomic E-state index is 0.597. The van der Waals surface area contributed by atoms with Crippen molar-refractivity contribution in [2.45, 2.75) is 20.3 Å². The van der Waals surface area contributed by atoms with Gasteiger partial charge in [0.2, 0.25) is 0 Å². The number of benzene rings is 1. The summed E-state index contributed by atoms with van der Waals surface area (Å²) in [5.41, 5.74) is 2.03. The fourth-order valence-electron chi connectivity index (χ4n) is 1.25. The van der Waals surface area contributed by atoms with Crippen molar-refractivity contribution in [3.8, 4) is 5.75 Å². The van der Waals surface area contributed by atoms with Crippen molar-refractivity contribution in [1.29, 1.82) is 0 Å². The van der Waals surface area contributed by atoms with Crippen LogP contribution in [0.2, 0.25) is 0 Å². The molecule has 0 saturated carbocycles. The molecule has 0 atom stereocenters. The first-order chi connectivity index (χ1) is 7.31. The normalized spacial score (nSPS) is 11.3. The van der Waals surface area contributed by atoms with Gasteiger partial charge >= 0.3 is 0 Å². The summed E-state index contributed by atoms with van der Waals surface area (Å²) in [6.45, 7) is 4.58. The highest BCUT2D eigenvalue weighted by atomic mass is 16.6. The maximum Gasteiger partial charge on any atom is 0.118 e. The molecule has 1 aromatic carbocycles. The van der Waals surface area contributed by atoms with Gasteiger partial charge in [0.05, 0.1) is 12.8 Å². The lowest BCUT2D eigenvalue weighted by molar-refractivity contribution is 0.158. The molecular weight excluding hydrogens is 190 g/mol. The molecule has 1 aromatic rings. The van der Waals surface area contributed by atoms with E-state index in [1.165, 1.54) is 0 Å². The Bertz CT molecular complexity index is 317. The van der Waals surface area contributed by atoms with Crippen LogP contribution >= 0.6 is 0 Å². The average molecular weight is 207 g/mol. The zero-order valence-corrected chi connectivity index (χ0v) is 9.49. The molecule has 0 bridgehead atoms. The van der Waals surface area contributed by atoms with Crippen molar-refractivity contribution in [2.24, 2.45) is 5.16 Å². The minimum Gasteiger partial charge on any atom is -0.497 e. The molecule has 0 radical (unpaired) electrons. The Morgan fingerprint density at radius 3 is 2.33 bits per heavy atom. The van der Waals surface area contributed by atoms with Crippen LogP contribution in [0.5, 0.6) is 5.75 Å². The molecule has 0 amide bonds. The highest BCUT2D eigenvalue weighted by Gasteiger charge is 2.01. The monoisotopic (exact) mass is 207 g/mol. The predicted octanol–water partition coefficient (Wildman–Crippen LogP) is 2.85. The van der Waals surface area contributed by atoms with Crippen LogP contribution in [0.4, 0.5) is 0 Å². The summed E-state index contributed by atoms with van der Waals surface area (Å²) >= 11 is 0. The molecular formula is C12H17NO2. The second-order valence-corrected chi connectivity index (χ2v) is 3.04. The van der Waals surface area contributed by atoms with Gasteiger partial charge in [0, 0.05) is 0 Å². The second-order valence-electron chi connectivity index (χ2n) is 3.04. The SMILES string of the molecule is CCON=C(CC)c1ccc(OC)cc1. The molecule has 0 saturated heterocycles. The van der Waals surface area contributed by atoms with Gasteiger partial charge in [0.1, 0.15) is 12.4 Å². The van der Waals surface area contributed by atoms with E-state index in [0.717, 1.165) is 23.4 Å². The first-order valence-corrected chi connectivity index (χ1v) is 5.15. The molecule has 0 aromatic heterocycles. The van der Waals surface area contributed by atoms with Gasteiger partial charge in [0.15, 0.2) is 0 Å². The molecule has 82 valence electrons. The van der Waals surface area contributed by atoms with E-state index in [9.17, 15) is 0 Å². The Morgan fingerprint density at radius 1 is 1.20 bits per heavy atom. The van der Waals surface area contributed by atoms with Gasteiger partial charge in [-0.3, -0.25) is 0 Å². The second kappa shape index (κ2) is 6.06. The third-order valence-corrected chi connectivity index (χ3v) is 2.06.